The van der Waals surface area contributed by atoms with E-state index in [1.807, 2.05) is 13.8 Å². The number of pyridine rings is 2. The van der Waals surface area contributed by atoms with Crippen molar-refractivity contribution in [1.29, 1.82) is 0 Å². The first-order valence-corrected chi connectivity index (χ1v) is 17.4. The zero-order valence-corrected chi connectivity index (χ0v) is 32.0. The molecule has 4 amide bonds. The van der Waals surface area contributed by atoms with E-state index in [0.29, 0.717) is 29.1 Å². The molecule has 16 heteroatoms. The lowest BCUT2D eigenvalue weighted by molar-refractivity contribution is -0.126. The third kappa shape index (κ3) is 15.2. The van der Waals surface area contributed by atoms with Gasteiger partial charge in [-0.15, -0.1) is 0 Å². The summed E-state index contributed by atoms with van der Waals surface area (Å²) in [7, 11) is 1.64. The molecule has 53 heavy (non-hydrogen) atoms. The van der Waals surface area contributed by atoms with Gasteiger partial charge in [-0.05, 0) is 53.0 Å². The maximum Gasteiger partial charge on any atom is 0.223 e. The summed E-state index contributed by atoms with van der Waals surface area (Å²) in [6.07, 6.45) is 3.46. The van der Waals surface area contributed by atoms with Crippen LogP contribution in [0.5, 0.6) is 11.5 Å². The van der Waals surface area contributed by atoms with Crippen LogP contribution in [-0.2, 0) is 44.1 Å². The average Bonchev–Trinajstić information content (AvgIpc) is 3.11. The maximum atomic E-state index is 13.1. The van der Waals surface area contributed by atoms with Gasteiger partial charge in [0.1, 0.15) is 6.29 Å². The number of H-pyrrole nitrogens is 1. The SMILES string of the molecule is C/C=C(/CNC(=O)CCC(CCC(=O)NCc1[nH]c(C)cc(=O)c1O)(CCC(=O)NCc1c(O)c(=O)cc(C)n1C)NC(C)=O)N/C(C)=C\C=O.CC. The highest BCUT2D eigenvalue weighted by Crippen LogP contribution is 2.26. The van der Waals surface area contributed by atoms with Gasteiger partial charge in [-0.2, -0.15) is 0 Å². The number of carbonyl (C=O) groups excluding carboxylic acids is 5. The predicted molar refractivity (Wildman–Crippen MR) is 201 cm³/mol. The number of hydrogen-bond donors (Lipinski definition) is 8. The van der Waals surface area contributed by atoms with E-state index in [-0.39, 0.29) is 75.5 Å². The lowest BCUT2D eigenvalue weighted by Crippen LogP contribution is -2.50. The molecule has 0 aliphatic heterocycles. The molecule has 0 aromatic carbocycles. The van der Waals surface area contributed by atoms with Crippen LogP contribution in [0.4, 0.5) is 0 Å². The van der Waals surface area contributed by atoms with E-state index < -0.39 is 45.6 Å². The van der Waals surface area contributed by atoms with Crippen molar-refractivity contribution in [3.05, 3.63) is 78.9 Å². The molecule has 2 aromatic rings. The monoisotopic (exact) mass is 741 g/mol. The van der Waals surface area contributed by atoms with Gasteiger partial charge in [0.05, 0.1) is 31.0 Å². The molecule has 0 radical (unpaired) electrons. The smallest absolute Gasteiger partial charge is 0.223 e. The van der Waals surface area contributed by atoms with Gasteiger partial charge in [0.15, 0.2) is 11.5 Å². The Hall–Kier alpha value is -5.67. The number of aromatic nitrogens is 2. The number of aryl methyl sites for hydroxylation is 2. The molecular weight excluding hydrogens is 686 g/mol. The van der Waals surface area contributed by atoms with Crippen LogP contribution in [-0.4, -0.2) is 61.8 Å². The first kappa shape index (κ1) is 45.4. The predicted octanol–water partition coefficient (Wildman–Crippen LogP) is 1.99. The molecule has 0 aliphatic carbocycles. The fraction of sp³-hybridized carbons (Fsp3) is 0.486. The quantitative estimate of drug-likeness (QED) is 0.0769. The van der Waals surface area contributed by atoms with Crippen molar-refractivity contribution in [3.63, 3.8) is 0 Å². The van der Waals surface area contributed by atoms with Gasteiger partial charge in [0, 0.05) is 73.7 Å². The van der Waals surface area contributed by atoms with E-state index in [0.717, 1.165) is 0 Å². The standard InChI is InChI=1S/C35H49N7O9.C2H6/c1-7-25(39-21(2)11-15-43)18-36-30(47)8-12-35(41-24(5)44,13-9-31(48)37-19-26-33(50)28(45)16-22(3)40-26)14-10-32(49)38-20-27-34(51)29(46)17-23(4)42(27)6;1-2/h7,11,15-17,39,50-51H,8-10,12-14,18-20H2,1-6H3,(H,36,47)(H,37,48)(H,38,49)(H,40,45)(H,41,44);1-2H3/b21-11-,25-7-;. The zero-order chi connectivity index (χ0) is 40.3. The number of nitrogens with one attached hydrogen (secondary N) is 6. The summed E-state index contributed by atoms with van der Waals surface area (Å²) in [5.41, 5.74) is 0.259. The van der Waals surface area contributed by atoms with Gasteiger partial charge in [-0.25, -0.2) is 0 Å². The van der Waals surface area contributed by atoms with Crippen molar-refractivity contribution in [3.8, 4) is 11.5 Å². The molecule has 1 unspecified atom stereocenters. The number of aldehydes is 1. The second kappa shape index (κ2) is 22.3. The molecule has 2 rings (SSSR count). The largest absolute Gasteiger partial charge is 0.503 e. The van der Waals surface area contributed by atoms with E-state index in [2.05, 4.69) is 31.6 Å². The molecule has 16 nitrogen and oxygen atoms in total. The van der Waals surface area contributed by atoms with Crippen LogP contribution >= 0.6 is 0 Å². The summed E-state index contributed by atoms with van der Waals surface area (Å²) in [5.74, 6) is -2.76. The molecule has 0 aliphatic rings. The minimum atomic E-state index is -1.19. The fourth-order valence-corrected chi connectivity index (χ4v) is 5.38. The molecule has 2 heterocycles. The molecule has 2 aromatic heterocycles. The van der Waals surface area contributed by atoms with Crippen LogP contribution in [0.1, 0.15) is 95.9 Å². The van der Waals surface area contributed by atoms with Crippen molar-refractivity contribution in [2.24, 2.45) is 7.05 Å². The van der Waals surface area contributed by atoms with E-state index in [9.17, 15) is 43.8 Å². The Labute approximate surface area is 309 Å². The molecule has 0 saturated carbocycles. The number of hydrogen-bond acceptors (Lipinski definition) is 10. The average molecular weight is 742 g/mol. The van der Waals surface area contributed by atoms with Gasteiger partial charge >= 0.3 is 0 Å². The van der Waals surface area contributed by atoms with Gasteiger partial charge in [-0.1, -0.05) is 19.9 Å². The third-order valence-corrected chi connectivity index (χ3v) is 8.34. The first-order valence-electron chi connectivity index (χ1n) is 17.4. The minimum Gasteiger partial charge on any atom is -0.503 e. The van der Waals surface area contributed by atoms with Gasteiger partial charge < -0.3 is 46.3 Å². The Morgan fingerprint density at radius 1 is 0.849 bits per heavy atom. The molecule has 8 N–H and O–H groups in total. The third-order valence-electron chi connectivity index (χ3n) is 8.34. The number of carbonyl (C=O) groups is 5. The number of nitrogens with zero attached hydrogens (tertiary/aromatic N) is 1. The molecule has 0 saturated heterocycles. The number of amides is 4. The molecule has 0 fully saturated rings. The molecule has 0 bridgehead atoms. The van der Waals surface area contributed by atoms with Crippen LogP contribution in [0, 0.1) is 13.8 Å². The summed E-state index contributed by atoms with van der Waals surface area (Å²) >= 11 is 0. The Kier molecular flexibility index (Phi) is 19.1. The van der Waals surface area contributed by atoms with Crippen LogP contribution in [0.3, 0.4) is 0 Å². The molecule has 0 spiro atoms. The summed E-state index contributed by atoms with van der Waals surface area (Å²) < 4.78 is 1.58. The molecule has 1 atom stereocenters. The van der Waals surface area contributed by atoms with Crippen LogP contribution in [0.15, 0.2) is 45.3 Å². The second-order valence-corrected chi connectivity index (χ2v) is 12.4. The number of aromatic hydroxyl groups is 2. The number of allylic oxidation sites excluding steroid dienone is 3. The van der Waals surface area contributed by atoms with E-state index in [4.69, 9.17) is 0 Å². The topological polar surface area (TPSA) is 241 Å². The van der Waals surface area contributed by atoms with E-state index >= 15 is 0 Å². The first-order chi connectivity index (χ1) is 25.0. The Morgan fingerprint density at radius 3 is 1.91 bits per heavy atom. The lowest BCUT2D eigenvalue weighted by Gasteiger charge is -2.35. The van der Waals surface area contributed by atoms with Gasteiger partial charge in [0.2, 0.25) is 34.5 Å². The Morgan fingerprint density at radius 2 is 1.38 bits per heavy atom. The highest BCUT2D eigenvalue weighted by atomic mass is 16.3. The van der Waals surface area contributed by atoms with Gasteiger partial charge in [0.25, 0.3) is 0 Å². The minimum absolute atomic E-state index is 0.0276. The van der Waals surface area contributed by atoms with E-state index in [1.54, 1.807) is 45.4 Å². The zero-order valence-electron chi connectivity index (χ0n) is 32.0. The maximum absolute atomic E-state index is 13.1. The fourth-order valence-electron chi connectivity index (χ4n) is 5.38. The second-order valence-electron chi connectivity index (χ2n) is 12.4. The molecule has 292 valence electrons. The van der Waals surface area contributed by atoms with Crippen molar-refractivity contribution in [2.45, 2.75) is 106 Å². The number of rotatable bonds is 19. The Bertz CT molecular complexity index is 1790. The van der Waals surface area contributed by atoms with E-state index in [1.165, 1.54) is 25.1 Å². The van der Waals surface area contributed by atoms with Crippen LogP contribution < -0.4 is 37.4 Å². The number of aromatic amines is 1. The van der Waals surface area contributed by atoms with Crippen molar-refractivity contribution >= 4 is 29.9 Å². The Balaban J connectivity index is 0.00000690. The van der Waals surface area contributed by atoms with Crippen molar-refractivity contribution < 1.29 is 34.2 Å². The van der Waals surface area contributed by atoms with Crippen LogP contribution in [0.25, 0.3) is 0 Å². The summed E-state index contributed by atoms with van der Waals surface area (Å²) in [6.45, 7) is 11.9. The van der Waals surface area contributed by atoms with Crippen molar-refractivity contribution in [1.82, 2.24) is 36.1 Å². The molecular formula is C37H55N7O9. The summed E-state index contributed by atoms with van der Waals surface area (Å²) in [5, 5.41) is 34.4. The summed E-state index contributed by atoms with van der Waals surface area (Å²) in [4.78, 5) is 89.2. The highest BCUT2D eigenvalue weighted by Gasteiger charge is 2.33. The van der Waals surface area contributed by atoms with Gasteiger partial charge in [-0.3, -0.25) is 33.6 Å². The highest BCUT2D eigenvalue weighted by molar-refractivity contribution is 5.79. The summed E-state index contributed by atoms with van der Waals surface area (Å²) in [6, 6.07) is 2.50. The van der Waals surface area contributed by atoms with Crippen LogP contribution in [0.2, 0.25) is 0 Å². The van der Waals surface area contributed by atoms with Crippen molar-refractivity contribution in [2.75, 3.05) is 6.54 Å². The normalized spacial score (nSPS) is 12.4. The lowest BCUT2D eigenvalue weighted by atomic mass is 9.83.